The van der Waals surface area contributed by atoms with Crippen LogP contribution in [0.2, 0.25) is 0 Å². The molecule has 0 radical (unpaired) electrons. The van der Waals surface area contributed by atoms with Crippen molar-refractivity contribution in [2.75, 3.05) is 131 Å². The highest BCUT2D eigenvalue weighted by Crippen LogP contribution is 2.02. The number of nitrogens with one attached hydrogen (secondary N) is 4. The van der Waals surface area contributed by atoms with Gasteiger partial charge in [-0.25, -0.2) is 0 Å². The summed E-state index contributed by atoms with van der Waals surface area (Å²) in [6.07, 6.45) is 0. The van der Waals surface area contributed by atoms with Gasteiger partial charge in [0.1, 0.15) is 26.2 Å². The van der Waals surface area contributed by atoms with Crippen molar-refractivity contribution in [1.29, 1.82) is 0 Å². The number of ether oxygens (including phenoxy) is 4. The van der Waals surface area contributed by atoms with Crippen molar-refractivity contribution in [3.8, 4) is 0 Å². The van der Waals surface area contributed by atoms with Gasteiger partial charge >= 0.3 is 23.9 Å². The van der Waals surface area contributed by atoms with Crippen LogP contribution >= 0.6 is 0 Å². The van der Waals surface area contributed by atoms with Gasteiger partial charge in [0.15, 0.2) is 0 Å². The summed E-state index contributed by atoms with van der Waals surface area (Å²) in [5.74, 6) is -4.05. The Morgan fingerprint density at radius 1 is 0.365 bits per heavy atom. The van der Waals surface area contributed by atoms with Crippen LogP contribution in [0.1, 0.15) is 27.7 Å². The molecule has 0 saturated carbocycles. The van der Waals surface area contributed by atoms with Crippen molar-refractivity contribution in [1.82, 2.24) is 40.9 Å². The Balaban J connectivity index is 3.18. The molecule has 1 aliphatic heterocycles. The molecule has 1 heterocycles. The second-order valence-corrected chi connectivity index (χ2v) is 11.4. The first-order valence-corrected chi connectivity index (χ1v) is 17.5. The number of nitrogens with zero attached hydrogens (tertiary/aromatic N) is 4. The molecule has 0 aromatic carbocycles. The number of rotatable bonds is 20. The van der Waals surface area contributed by atoms with Crippen LogP contribution < -0.4 is 21.3 Å². The van der Waals surface area contributed by atoms with E-state index in [1.54, 1.807) is 27.7 Å². The highest BCUT2D eigenvalue weighted by Gasteiger charge is 2.22. The average molecular weight is 745 g/mol. The summed E-state index contributed by atoms with van der Waals surface area (Å²) in [5.41, 5.74) is 0. The van der Waals surface area contributed by atoms with Gasteiger partial charge in [0, 0.05) is 52.4 Å². The zero-order valence-corrected chi connectivity index (χ0v) is 30.8. The molecular weight excluding hydrogens is 688 g/mol. The third-order valence-corrected chi connectivity index (χ3v) is 7.34. The number of hydrogen-bond donors (Lipinski definition) is 4. The zero-order chi connectivity index (χ0) is 38.7. The minimum Gasteiger partial charge on any atom is -0.465 e. The number of hydrogen-bond acceptors (Lipinski definition) is 16. The maximum Gasteiger partial charge on any atom is 0.325 e. The van der Waals surface area contributed by atoms with E-state index >= 15 is 0 Å². The van der Waals surface area contributed by atoms with E-state index < -0.39 is 47.5 Å². The van der Waals surface area contributed by atoms with Gasteiger partial charge in [-0.1, -0.05) is 0 Å². The van der Waals surface area contributed by atoms with Gasteiger partial charge in [-0.3, -0.25) is 58.0 Å². The molecule has 1 saturated heterocycles. The van der Waals surface area contributed by atoms with Crippen LogP contribution in [0.5, 0.6) is 0 Å². The lowest BCUT2D eigenvalue weighted by Gasteiger charge is -2.33. The second kappa shape index (κ2) is 27.3. The molecule has 0 bridgehead atoms. The van der Waals surface area contributed by atoms with Gasteiger partial charge in [0.2, 0.25) is 23.6 Å². The van der Waals surface area contributed by atoms with E-state index in [0.717, 1.165) is 0 Å². The predicted molar refractivity (Wildman–Crippen MR) is 184 cm³/mol. The molecule has 4 N–H and O–H groups in total. The lowest BCUT2D eigenvalue weighted by atomic mass is 10.3. The number of amides is 4. The normalized spacial score (nSPS) is 15.2. The standard InChI is InChI=1S/C32H56N8O12/c1-5-49-29(45)17-33-25(41)21-37-9-11-38(22-26(42)34-18-30(46)50-6-2)13-15-40(24-28(44)36-20-32(48)52-8-4)16-14-39(12-10-37)23-27(43)35-19-31(47)51-7-3/h5-24H2,1-4H3,(H,33,41)(H,34,42)(H,35,43)(H,36,44). The summed E-state index contributed by atoms with van der Waals surface area (Å²) in [6.45, 7) is 8.03. The highest BCUT2D eigenvalue weighted by atomic mass is 16.5. The molecule has 1 aliphatic rings. The van der Waals surface area contributed by atoms with E-state index in [0.29, 0.717) is 52.4 Å². The molecule has 20 nitrogen and oxygen atoms in total. The van der Waals surface area contributed by atoms with Crippen LogP contribution in [-0.2, 0) is 57.3 Å². The molecule has 4 amide bonds. The number of carbonyl (C=O) groups excluding carboxylic acids is 8. The Morgan fingerprint density at radius 2 is 0.538 bits per heavy atom. The summed E-state index contributed by atoms with van der Waals surface area (Å²) >= 11 is 0. The molecule has 52 heavy (non-hydrogen) atoms. The van der Waals surface area contributed by atoms with Gasteiger partial charge < -0.3 is 40.2 Å². The molecule has 296 valence electrons. The van der Waals surface area contributed by atoms with Crippen LogP contribution in [-0.4, -0.2) is 198 Å². The Morgan fingerprint density at radius 3 is 0.692 bits per heavy atom. The fraction of sp³-hybridized carbons (Fsp3) is 0.750. The third-order valence-electron chi connectivity index (χ3n) is 7.34. The first-order valence-electron chi connectivity index (χ1n) is 17.5. The van der Waals surface area contributed by atoms with Crippen molar-refractivity contribution in [2.45, 2.75) is 27.7 Å². The Hall–Kier alpha value is -4.40. The summed E-state index contributed by atoms with van der Waals surface area (Å²) in [6, 6.07) is 0. The maximum atomic E-state index is 12.8. The molecule has 0 spiro atoms. The maximum absolute atomic E-state index is 12.8. The summed E-state index contributed by atoms with van der Waals surface area (Å²) in [7, 11) is 0. The monoisotopic (exact) mass is 744 g/mol. The molecule has 1 fully saturated rings. The largest absolute Gasteiger partial charge is 0.465 e. The van der Waals surface area contributed by atoms with Gasteiger partial charge in [-0.15, -0.1) is 0 Å². The molecule has 0 aromatic rings. The Kier molecular flexibility index (Phi) is 23.9. The van der Waals surface area contributed by atoms with Crippen molar-refractivity contribution >= 4 is 47.5 Å². The molecule has 1 rings (SSSR count). The first kappa shape index (κ1) is 45.6. The Labute approximate surface area is 304 Å². The van der Waals surface area contributed by atoms with Crippen LogP contribution in [0.15, 0.2) is 0 Å². The zero-order valence-electron chi connectivity index (χ0n) is 30.8. The minimum absolute atomic E-state index is 0.0992. The van der Waals surface area contributed by atoms with E-state index in [4.69, 9.17) is 18.9 Å². The fourth-order valence-corrected chi connectivity index (χ4v) is 4.78. The fourth-order valence-electron chi connectivity index (χ4n) is 4.78. The molecule has 0 aromatic heterocycles. The van der Waals surface area contributed by atoms with Gasteiger partial charge in [-0.2, -0.15) is 0 Å². The molecule has 20 heteroatoms. The minimum atomic E-state index is -0.580. The van der Waals surface area contributed by atoms with Crippen molar-refractivity contribution in [3.63, 3.8) is 0 Å². The van der Waals surface area contributed by atoms with E-state index in [2.05, 4.69) is 21.3 Å². The van der Waals surface area contributed by atoms with Crippen molar-refractivity contribution in [2.24, 2.45) is 0 Å². The number of esters is 4. The predicted octanol–water partition coefficient (Wildman–Crippen LogP) is -4.07. The second-order valence-electron chi connectivity index (χ2n) is 11.4. The first-order chi connectivity index (χ1) is 24.9. The third kappa shape index (κ3) is 22.4. The van der Waals surface area contributed by atoms with Gasteiger partial charge in [-0.05, 0) is 27.7 Å². The highest BCUT2D eigenvalue weighted by molar-refractivity contribution is 5.85. The topological polar surface area (TPSA) is 235 Å². The van der Waals surface area contributed by atoms with Crippen molar-refractivity contribution in [3.05, 3.63) is 0 Å². The van der Waals surface area contributed by atoms with E-state index in [-0.39, 0.29) is 78.8 Å². The lowest BCUT2D eigenvalue weighted by Crippen LogP contribution is -2.52. The van der Waals surface area contributed by atoms with Gasteiger partial charge in [0.25, 0.3) is 0 Å². The summed E-state index contributed by atoms with van der Waals surface area (Å²) < 4.78 is 19.5. The van der Waals surface area contributed by atoms with Crippen LogP contribution in [0, 0.1) is 0 Å². The Bertz CT molecular complexity index is 982. The SMILES string of the molecule is CCOC(=O)CNC(=O)CN1CCN(CC(=O)NCC(=O)OCC)CCN(CC(=O)NCC(=O)OCC)CCN(CC(=O)NCC(=O)OCC)CC1. The molecule has 0 atom stereocenters. The van der Waals surface area contributed by atoms with Crippen LogP contribution in [0.4, 0.5) is 0 Å². The van der Waals surface area contributed by atoms with Gasteiger partial charge in [0.05, 0.1) is 52.6 Å². The van der Waals surface area contributed by atoms with E-state index in [1.165, 1.54) is 0 Å². The quantitative estimate of drug-likeness (QED) is 0.0686. The van der Waals surface area contributed by atoms with Crippen molar-refractivity contribution < 1.29 is 57.3 Å². The lowest BCUT2D eigenvalue weighted by molar-refractivity contribution is -0.144. The smallest absolute Gasteiger partial charge is 0.325 e. The van der Waals surface area contributed by atoms with E-state index in [1.807, 2.05) is 19.6 Å². The molecule has 0 aliphatic carbocycles. The molecule has 0 unspecified atom stereocenters. The van der Waals surface area contributed by atoms with Crippen LogP contribution in [0.25, 0.3) is 0 Å². The van der Waals surface area contributed by atoms with E-state index in [9.17, 15) is 38.4 Å². The number of carbonyl (C=O) groups is 8. The average Bonchev–Trinajstić information content (AvgIpc) is 3.09. The van der Waals surface area contributed by atoms with Crippen LogP contribution in [0.3, 0.4) is 0 Å². The summed E-state index contributed by atoms with van der Waals surface area (Å²) in [4.78, 5) is 106. The summed E-state index contributed by atoms with van der Waals surface area (Å²) in [5, 5.41) is 10.2. The molecular formula is C32H56N8O12.